The van der Waals surface area contributed by atoms with Gasteiger partial charge in [0, 0.05) is 5.75 Å². The molecule has 1 aromatic rings. The number of hydrogen-bond acceptors (Lipinski definition) is 8. The topological polar surface area (TPSA) is 81.2 Å². The lowest BCUT2D eigenvalue weighted by Crippen LogP contribution is -2.32. The highest BCUT2D eigenvalue weighted by Crippen LogP contribution is 2.29. The molecule has 0 unspecified atom stereocenters. The molecule has 0 aliphatic rings. The van der Waals surface area contributed by atoms with Crippen LogP contribution >= 0.6 is 34.9 Å². The SMILES string of the molecule is CCOC(=O)NC(=O)CSc1nnc(SCC(C)C)s1. The fourth-order valence-electron chi connectivity index (χ4n) is 0.996. The van der Waals surface area contributed by atoms with Gasteiger partial charge in [0.25, 0.3) is 0 Å². The van der Waals surface area contributed by atoms with E-state index < -0.39 is 12.0 Å². The van der Waals surface area contributed by atoms with Crippen LogP contribution in [0.4, 0.5) is 4.79 Å². The van der Waals surface area contributed by atoms with Crippen LogP contribution in [0, 0.1) is 5.92 Å². The summed E-state index contributed by atoms with van der Waals surface area (Å²) in [4.78, 5) is 22.5. The van der Waals surface area contributed by atoms with E-state index in [2.05, 4.69) is 34.1 Å². The Morgan fingerprint density at radius 1 is 1.30 bits per heavy atom. The third kappa shape index (κ3) is 7.11. The zero-order valence-electron chi connectivity index (χ0n) is 11.5. The predicted molar refractivity (Wildman–Crippen MR) is 81.4 cm³/mol. The number of amides is 2. The first-order chi connectivity index (χ1) is 9.51. The standard InChI is InChI=1S/C11H17N3O3S3/c1-4-17-9(16)12-8(15)6-19-11-14-13-10(20-11)18-5-7(2)3/h7H,4-6H2,1-3H3,(H,12,15,16). The molecule has 0 spiro atoms. The van der Waals surface area contributed by atoms with Gasteiger partial charge in [-0.2, -0.15) is 0 Å². The molecule has 2 amide bonds. The van der Waals surface area contributed by atoms with Gasteiger partial charge in [-0.3, -0.25) is 10.1 Å². The quantitative estimate of drug-likeness (QED) is 0.767. The minimum absolute atomic E-state index is 0.113. The van der Waals surface area contributed by atoms with Crippen LogP contribution in [0.3, 0.4) is 0 Å². The molecule has 0 atom stereocenters. The molecule has 0 fully saturated rings. The number of alkyl carbamates (subject to hydrolysis) is 1. The minimum Gasteiger partial charge on any atom is -0.450 e. The summed E-state index contributed by atoms with van der Waals surface area (Å²) >= 11 is 4.37. The normalized spacial score (nSPS) is 10.6. The van der Waals surface area contributed by atoms with Crippen LogP contribution in [0.15, 0.2) is 8.68 Å². The predicted octanol–water partition coefficient (Wildman–Crippen LogP) is 2.65. The Morgan fingerprint density at radius 2 is 1.95 bits per heavy atom. The van der Waals surface area contributed by atoms with Gasteiger partial charge in [0.05, 0.1) is 12.4 Å². The maximum atomic E-state index is 11.4. The van der Waals surface area contributed by atoms with E-state index in [1.165, 1.54) is 23.1 Å². The summed E-state index contributed by atoms with van der Waals surface area (Å²) in [6.45, 7) is 6.20. The summed E-state index contributed by atoms with van der Waals surface area (Å²) in [6.07, 6.45) is -0.719. The zero-order chi connectivity index (χ0) is 15.0. The van der Waals surface area contributed by atoms with E-state index in [4.69, 9.17) is 0 Å². The van der Waals surface area contributed by atoms with Crippen molar-refractivity contribution in [1.29, 1.82) is 0 Å². The Kier molecular flexibility index (Phi) is 7.93. The second-order valence-electron chi connectivity index (χ2n) is 4.10. The molecule has 0 aliphatic carbocycles. The number of ether oxygens (including phenoxy) is 1. The van der Waals surface area contributed by atoms with Crippen molar-refractivity contribution in [3.8, 4) is 0 Å². The second kappa shape index (κ2) is 9.19. The summed E-state index contributed by atoms with van der Waals surface area (Å²) in [7, 11) is 0. The third-order valence-electron chi connectivity index (χ3n) is 1.77. The fourth-order valence-corrected chi connectivity index (χ4v) is 3.79. The maximum Gasteiger partial charge on any atom is 0.413 e. The van der Waals surface area contributed by atoms with Crippen LogP contribution in [0.25, 0.3) is 0 Å². The molecular weight excluding hydrogens is 318 g/mol. The van der Waals surface area contributed by atoms with Gasteiger partial charge >= 0.3 is 6.09 Å². The number of rotatable bonds is 7. The van der Waals surface area contributed by atoms with Crippen molar-refractivity contribution in [3.63, 3.8) is 0 Å². The van der Waals surface area contributed by atoms with Crippen molar-refractivity contribution in [1.82, 2.24) is 15.5 Å². The fraction of sp³-hybridized carbons (Fsp3) is 0.636. The molecule has 1 heterocycles. The lowest BCUT2D eigenvalue weighted by atomic mass is 10.3. The van der Waals surface area contributed by atoms with Crippen molar-refractivity contribution >= 4 is 46.9 Å². The Bertz CT molecular complexity index is 451. The molecule has 20 heavy (non-hydrogen) atoms. The number of carbonyl (C=O) groups is 2. The second-order valence-corrected chi connectivity index (χ2v) is 7.56. The smallest absolute Gasteiger partial charge is 0.413 e. The van der Waals surface area contributed by atoms with Crippen LogP contribution in [-0.2, 0) is 9.53 Å². The zero-order valence-corrected chi connectivity index (χ0v) is 14.0. The first kappa shape index (κ1) is 17.3. The number of carbonyl (C=O) groups excluding carboxylic acids is 2. The summed E-state index contributed by atoms with van der Waals surface area (Å²) in [5, 5.41) is 10.2. The lowest BCUT2D eigenvalue weighted by molar-refractivity contribution is -0.117. The molecule has 9 heteroatoms. The van der Waals surface area contributed by atoms with Crippen molar-refractivity contribution in [2.75, 3.05) is 18.1 Å². The van der Waals surface area contributed by atoms with E-state index in [1.54, 1.807) is 18.7 Å². The van der Waals surface area contributed by atoms with Crippen LogP contribution in [-0.4, -0.2) is 40.3 Å². The highest BCUT2D eigenvalue weighted by molar-refractivity contribution is 8.03. The molecule has 0 aromatic carbocycles. The summed E-state index contributed by atoms with van der Waals surface area (Å²) in [5.41, 5.74) is 0. The van der Waals surface area contributed by atoms with Gasteiger partial charge in [0.15, 0.2) is 8.68 Å². The average Bonchev–Trinajstić information content (AvgIpc) is 2.82. The van der Waals surface area contributed by atoms with Gasteiger partial charge in [-0.25, -0.2) is 4.79 Å². The average molecular weight is 335 g/mol. The first-order valence-corrected chi connectivity index (χ1v) is 8.85. The van der Waals surface area contributed by atoms with Crippen molar-refractivity contribution in [3.05, 3.63) is 0 Å². The van der Waals surface area contributed by atoms with Crippen molar-refractivity contribution < 1.29 is 14.3 Å². The monoisotopic (exact) mass is 335 g/mol. The number of thioether (sulfide) groups is 2. The van der Waals surface area contributed by atoms with E-state index in [9.17, 15) is 9.59 Å². The van der Waals surface area contributed by atoms with E-state index >= 15 is 0 Å². The molecule has 0 saturated heterocycles. The summed E-state index contributed by atoms with van der Waals surface area (Å²) in [5.74, 6) is 1.29. The van der Waals surface area contributed by atoms with E-state index in [0.29, 0.717) is 5.92 Å². The Labute approximate surface area is 130 Å². The van der Waals surface area contributed by atoms with Gasteiger partial charge in [-0.1, -0.05) is 48.7 Å². The van der Waals surface area contributed by atoms with Gasteiger partial charge < -0.3 is 4.74 Å². The van der Waals surface area contributed by atoms with Crippen LogP contribution in [0.2, 0.25) is 0 Å². The van der Waals surface area contributed by atoms with E-state index in [-0.39, 0.29) is 12.4 Å². The minimum atomic E-state index is -0.719. The Morgan fingerprint density at radius 3 is 2.55 bits per heavy atom. The van der Waals surface area contributed by atoms with Gasteiger partial charge in [-0.15, -0.1) is 10.2 Å². The molecular formula is C11H17N3O3S3. The highest BCUT2D eigenvalue weighted by atomic mass is 32.2. The summed E-state index contributed by atoms with van der Waals surface area (Å²) < 4.78 is 6.23. The van der Waals surface area contributed by atoms with Crippen LogP contribution in [0.5, 0.6) is 0 Å². The number of aromatic nitrogens is 2. The number of nitrogens with zero attached hydrogens (tertiary/aromatic N) is 2. The molecule has 6 nitrogen and oxygen atoms in total. The molecule has 1 aromatic heterocycles. The molecule has 112 valence electrons. The third-order valence-corrected chi connectivity index (χ3v) is 5.39. The molecule has 0 bridgehead atoms. The van der Waals surface area contributed by atoms with E-state index in [1.807, 2.05) is 0 Å². The molecule has 0 saturated carbocycles. The number of hydrogen-bond donors (Lipinski definition) is 1. The largest absolute Gasteiger partial charge is 0.450 e. The summed E-state index contributed by atoms with van der Waals surface area (Å²) in [6, 6.07) is 0. The molecule has 1 N–H and O–H groups in total. The number of imide groups is 1. The van der Waals surface area contributed by atoms with Crippen molar-refractivity contribution in [2.45, 2.75) is 29.5 Å². The Balaban J connectivity index is 2.31. The van der Waals surface area contributed by atoms with Crippen LogP contribution < -0.4 is 5.32 Å². The molecule has 0 radical (unpaired) electrons. The molecule has 0 aliphatic heterocycles. The van der Waals surface area contributed by atoms with Gasteiger partial charge in [0.1, 0.15) is 0 Å². The van der Waals surface area contributed by atoms with E-state index in [0.717, 1.165) is 14.4 Å². The Hall–Kier alpha value is -0.800. The first-order valence-electron chi connectivity index (χ1n) is 6.07. The van der Waals surface area contributed by atoms with Gasteiger partial charge in [-0.05, 0) is 12.8 Å². The lowest BCUT2D eigenvalue weighted by Gasteiger charge is -2.02. The number of nitrogens with one attached hydrogen (secondary N) is 1. The maximum absolute atomic E-state index is 11.4. The highest BCUT2D eigenvalue weighted by Gasteiger charge is 2.11. The van der Waals surface area contributed by atoms with Gasteiger partial charge in [0.2, 0.25) is 5.91 Å². The van der Waals surface area contributed by atoms with Crippen molar-refractivity contribution in [2.24, 2.45) is 5.92 Å². The molecule has 1 rings (SSSR count). The van der Waals surface area contributed by atoms with Crippen LogP contribution in [0.1, 0.15) is 20.8 Å².